The summed E-state index contributed by atoms with van der Waals surface area (Å²) < 4.78 is 12.8. The summed E-state index contributed by atoms with van der Waals surface area (Å²) in [7, 11) is 0. The summed E-state index contributed by atoms with van der Waals surface area (Å²) in [4.78, 5) is 8.85. The van der Waals surface area contributed by atoms with Crippen molar-refractivity contribution in [2.75, 3.05) is 24.5 Å². The third-order valence-electron chi connectivity index (χ3n) is 3.38. The summed E-state index contributed by atoms with van der Waals surface area (Å²) in [5.74, 6) is 0.601. The normalized spacial score (nSPS) is 20.2. The summed E-state index contributed by atoms with van der Waals surface area (Å²) in [5.41, 5.74) is 0. The minimum atomic E-state index is -0.275. The average Bonchev–Trinajstić information content (AvgIpc) is 2.41. The fourth-order valence-corrected chi connectivity index (χ4v) is 2.50. The van der Waals surface area contributed by atoms with Crippen LogP contribution in [0.3, 0.4) is 0 Å². The van der Waals surface area contributed by atoms with Crippen LogP contribution in [-0.4, -0.2) is 41.6 Å². The van der Waals surface area contributed by atoms with E-state index in [1.165, 1.54) is 12.3 Å². The number of aromatic nitrogens is 1. The second-order valence-electron chi connectivity index (χ2n) is 4.96. The Morgan fingerprint density at radius 1 is 1.26 bits per heavy atom. The third kappa shape index (κ3) is 4.16. The summed E-state index contributed by atoms with van der Waals surface area (Å²) in [5, 5.41) is 0. The lowest BCUT2D eigenvalue weighted by Crippen LogP contribution is -2.54. The molecule has 1 atom stereocenters. The maximum absolute atomic E-state index is 12.8. The average molecular weight is 267 g/mol. The van der Waals surface area contributed by atoms with E-state index in [1.807, 2.05) is 13.8 Å². The SMILES string of the molecule is CC.CC(C)N1CCN(c2ccc(F)cn2)CC1C. The topological polar surface area (TPSA) is 19.4 Å². The van der Waals surface area contributed by atoms with Crippen molar-refractivity contribution >= 4 is 5.82 Å². The molecule has 0 spiro atoms. The largest absolute Gasteiger partial charge is 0.354 e. The zero-order chi connectivity index (χ0) is 14.4. The van der Waals surface area contributed by atoms with Gasteiger partial charge in [-0.05, 0) is 32.9 Å². The molecule has 0 bridgehead atoms. The van der Waals surface area contributed by atoms with E-state index in [4.69, 9.17) is 0 Å². The first-order valence-corrected chi connectivity index (χ1v) is 7.20. The van der Waals surface area contributed by atoms with Crippen molar-refractivity contribution in [3.05, 3.63) is 24.1 Å². The van der Waals surface area contributed by atoms with Crippen LogP contribution in [-0.2, 0) is 0 Å². The summed E-state index contributed by atoms with van der Waals surface area (Å²) >= 11 is 0. The van der Waals surface area contributed by atoms with Gasteiger partial charge in [0.25, 0.3) is 0 Å². The molecule has 4 heteroatoms. The number of anilines is 1. The van der Waals surface area contributed by atoms with Crippen LogP contribution in [0.1, 0.15) is 34.6 Å². The lowest BCUT2D eigenvalue weighted by atomic mass is 10.1. The van der Waals surface area contributed by atoms with Crippen molar-refractivity contribution in [3.8, 4) is 0 Å². The van der Waals surface area contributed by atoms with Crippen molar-refractivity contribution in [1.82, 2.24) is 9.88 Å². The van der Waals surface area contributed by atoms with E-state index in [1.54, 1.807) is 6.07 Å². The predicted octanol–water partition coefficient (Wildman–Crippen LogP) is 3.17. The first-order chi connectivity index (χ1) is 9.08. The second kappa shape index (κ2) is 7.43. The van der Waals surface area contributed by atoms with Crippen LogP contribution in [0.2, 0.25) is 0 Å². The van der Waals surface area contributed by atoms with Gasteiger partial charge >= 0.3 is 0 Å². The van der Waals surface area contributed by atoms with Crippen LogP contribution >= 0.6 is 0 Å². The van der Waals surface area contributed by atoms with Crippen LogP contribution in [0, 0.1) is 5.82 Å². The summed E-state index contributed by atoms with van der Waals surface area (Å²) in [6.07, 6.45) is 1.29. The Balaban J connectivity index is 0.000000861. The molecule has 1 aromatic rings. The quantitative estimate of drug-likeness (QED) is 0.820. The molecule has 1 aliphatic heterocycles. The monoisotopic (exact) mass is 267 g/mol. The minimum absolute atomic E-state index is 0.275. The molecule has 1 fully saturated rings. The van der Waals surface area contributed by atoms with Crippen LogP contribution in [0.15, 0.2) is 18.3 Å². The lowest BCUT2D eigenvalue weighted by molar-refractivity contribution is 0.148. The molecule has 1 aromatic heterocycles. The highest BCUT2D eigenvalue weighted by Gasteiger charge is 2.25. The smallest absolute Gasteiger partial charge is 0.141 e. The van der Waals surface area contributed by atoms with Crippen molar-refractivity contribution < 1.29 is 4.39 Å². The first-order valence-electron chi connectivity index (χ1n) is 7.20. The Hall–Kier alpha value is -1.16. The number of piperazine rings is 1. The molecular weight excluding hydrogens is 241 g/mol. The van der Waals surface area contributed by atoms with Gasteiger partial charge in [0.1, 0.15) is 11.6 Å². The molecule has 0 amide bonds. The van der Waals surface area contributed by atoms with E-state index in [9.17, 15) is 4.39 Å². The van der Waals surface area contributed by atoms with Gasteiger partial charge < -0.3 is 4.90 Å². The fraction of sp³-hybridized carbons (Fsp3) is 0.667. The molecule has 0 radical (unpaired) electrons. The lowest BCUT2D eigenvalue weighted by Gasteiger charge is -2.42. The van der Waals surface area contributed by atoms with Crippen molar-refractivity contribution in [2.24, 2.45) is 0 Å². The highest BCUT2D eigenvalue weighted by molar-refractivity contribution is 5.38. The highest BCUT2D eigenvalue weighted by atomic mass is 19.1. The van der Waals surface area contributed by atoms with Gasteiger partial charge in [0.2, 0.25) is 0 Å². The molecule has 1 saturated heterocycles. The summed E-state index contributed by atoms with van der Waals surface area (Å²) in [6.45, 7) is 13.6. The summed E-state index contributed by atoms with van der Waals surface area (Å²) in [6, 6.07) is 4.32. The predicted molar refractivity (Wildman–Crippen MR) is 79.1 cm³/mol. The van der Waals surface area contributed by atoms with Gasteiger partial charge in [-0.2, -0.15) is 0 Å². The van der Waals surface area contributed by atoms with Gasteiger partial charge in [-0.25, -0.2) is 9.37 Å². The molecule has 1 unspecified atom stereocenters. The Bertz CT molecular complexity index is 364. The van der Waals surface area contributed by atoms with Crippen LogP contribution in [0.25, 0.3) is 0 Å². The second-order valence-corrected chi connectivity index (χ2v) is 4.96. The fourth-order valence-electron chi connectivity index (χ4n) is 2.50. The molecule has 2 rings (SSSR count). The van der Waals surface area contributed by atoms with Crippen LogP contribution < -0.4 is 4.90 Å². The highest BCUT2D eigenvalue weighted by Crippen LogP contribution is 2.18. The number of nitrogens with zero attached hydrogens (tertiary/aromatic N) is 3. The number of halogens is 1. The third-order valence-corrected chi connectivity index (χ3v) is 3.38. The zero-order valence-electron chi connectivity index (χ0n) is 12.7. The maximum Gasteiger partial charge on any atom is 0.141 e. The van der Waals surface area contributed by atoms with Crippen LogP contribution in [0.5, 0.6) is 0 Å². The molecule has 3 nitrogen and oxygen atoms in total. The Morgan fingerprint density at radius 3 is 2.42 bits per heavy atom. The van der Waals surface area contributed by atoms with Gasteiger partial charge in [-0.3, -0.25) is 4.90 Å². The molecule has 0 aliphatic carbocycles. The number of pyridine rings is 1. The molecule has 0 aromatic carbocycles. The van der Waals surface area contributed by atoms with E-state index < -0.39 is 0 Å². The molecular formula is C15H26FN3. The molecule has 0 N–H and O–H groups in total. The van der Waals surface area contributed by atoms with Gasteiger partial charge in [0.15, 0.2) is 0 Å². The Kier molecular flexibility index (Phi) is 6.22. The number of rotatable bonds is 2. The number of hydrogen-bond donors (Lipinski definition) is 0. The minimum Gasteiger partial charge on any atom is -0.354 e. The van der Waals surface area contributed by atoms with E-state index >= 15 is 0 Å². The Labute approximate surface area is 116 Å². The maximum atomic E-state index is 12.8. The van der Waals surface area contributed by atoms with Gasteiger partial charge in [0, 0.05) is 31.7 Å². The van der Waals surface area contributed by atoms with E-state index in [-0.39, 0.29) is 5.82 Å². The molecule has 19 heavy (non-hydrogen) atoms. The molecule has 108 valence electrons. The van der Waals surface area contributed by atoms with Crippen molar-refractivity contribution in [2.45, 2.75) is 46.7 Å². The van der Waals surface area contributed by atoms with Crippen molar-refractivity contribution in [1.29, 1.82) is 0 Å². The first kappa shape index (κ1) is 15.9. The molecule has 0 saturated carbocycles. The van der Waals surface area contributed by atoms with E-state index in [0.29, 0.717) is 12.1 Å². The van der Waals surface area contributed by atoms with Crippen molar-refractivity contribution in [3.63, 3.8) is 0 Å². The van der Waals surface area contributed by atoms with Gasteiger partial charge in [0.05, 0.1) is 6.20 Å². The number of hydrogen-bond acceptors (Lipinski definition) is 3. The zero-order valence-corrected chi connectivity index (χ0v) is 12.7. The molecule has 2 heterocycles. The van der Waals surface area contributed by atoms with Crippen LogP contribution in [0.4, 0.5) is 10.2 Å². The van der Waals surface area contributed by atoms with E-state index in [0.717, 1.165) is 25.5 Å². The van der Waals surface area contributed by atoms with Gasteiger partial charge in [-0.1, -0.05) is 13.8 Å². The standard InChI is InChI=1S/C13H20FN3.C2H6/c1-10(2)17-7-6-16(9-11(17)3)13-5-4-12(14)8-15-13;1-2/h4-5,8,10-11H,6-7,9H2,1-3H3;1-2H3. The van der Waals surface area contributed by atoms with E-state index in [2.05, 4.69) is 35.6 Å². The van der Waals surface area contributed by atoms with Gasteiger partial charge in [-0.15, -0.1) is 0 Å². The molecule has 1 aliphatic rings. The Morgan fingerprint density at radius 2 is 1.95 bits per heavy atom.